The molecule has 0 N–H and O–H groups in total. The molecule has 1 unspecified atom stereocenters. The molecule has 2 aromatic carbocycles. The number of anilines is 1. The van der Waals surface area contributed by atoms with Crippen LogP contribution in [0.3, 0.4) is 0 Å². The number of aryl methyl sites for hydroxylation is 1. The minimum atomic E-state index is -0.621. The molecule has 0 fully saturated rings. The minimum absolute atomic E-state index is 0.0729. The van der Waals surface area contributed by atoms with Gasteiger partial charge in [0.25, 0.3) is 5.91 Å². The summed E-state index contributed by atoms with van der Waals surface area (Å²) in [6.45, 7) is 1.89. The summed E-state index contributed by atoms with van der Waals surface area (Å²) < 4.78 is 6.80. The Morgan fingerprint density at radius 3 is 2.66 bits per heavy atom. The highest BCUT2D eigenvalue weighted by molar-refractivity contribution is 9.10. The van der Waals surface area contributed by atoms with E-state index in [4.69, 9.17) is 4.42 Å². The van der Waals surface area contributed by atoms with Crippen LogP contribution >= 0.6 is 15.9 Å². The van der Waals surface area contributed by atoms with E-state index in [-0.39, 0.29) is 17.1 Å². The molecule has 0 spiro atoms. The quantitative estimate of drug-likeness (QED) is 0.434. The first-order chi connectivity index (χ1) is 14.1. The number of nitrogens with zero attached hydrogens (tertiary/aromatic N) is 2. The van der Waals surface area contributed by atoms with Crippen molar-refractivity contribution in [2.24, 2.45) is 0 Å². The SMILES string of the molecule is Cc1cccnc1N1C(=O)c2oc3ccccc3c(=O)c2C1c1cccc(Br)c1. The molecule has 1 aliphatic rings. The van der Waals surface area contributed by atoms with Crippen molar-refractivity contribution >= 4 is 38.6 Å². The first-order valence-electron chi connectivity index (χ1n) is 9.12. The van der Waals surface area contributed by atoms with Gasteiger partial charge in [-0.15, -0.1) is 0 Å². The number of fused-ring (bicyclic) bond motifs is 2. The molecule has 5 nitrogen and oxygen atoms in total. The maximum Gasteiger partial charge on any atom is 0.296 e. The molecule has 6 heteroatoms. The molecule has 1 aliphatic heterocycles. The minimum Gasteiger partial charge on any atom is -0.450 e. The van der Waals surface area contributed by atoms with E-state index in [1.165, 1.54) is 0 Å². The largest absolute Gasteiger partial charge is 0.450 e. The third-order valence-corrected chi connectivity index (χ3v) is 5.65. The second-order valence-corrected chi connectivity index (χ2v) is 7.86. The summed E-state index contributed by atoms with van der Waals surface area (Å²) >= 11 is 3.49. The van der Waals surface area contributed by atoms with Crippen molar-refractivity contribution in [2.75, 3.05) is 4.90 Å². The zero-order valence-corrected chi connectivity index (χ0v) is 17.0. The molecule has 1 atom stereocenters. The van der Waals surface area contributed by atoms with Crippen molar-refractivity contribution in [3.63, 3.8) is 0 Å². The summed E-state index contributed by atoms with van der Waals surface area (Å²) in [5, 5.41) is 0.457. The number of rotatable bonds is 2. The molecule has 4 aromatic rings. The van der Waals surface area contributed by atoms with Crippen molar-refractivity contribution in [3.8, 4) is 0 Å². The van der Waals surface area contributed by atoms with Crippen LogP contribution in [0.1, 0.15) is 33.3 Å². The number of pyridine rings is 1. The van der Waals surface area contributed by atoms with Gasteiger partial charge in [0.2, 0.25) is 5.76 Å². The van der Waals surface area contributed by atoms with Gasteiger partial charge in [-0.1, -0.05) is 46.3 Å². The molecule has 0 saturated carbocycles. The molecule has 0 bridgehead atoms. The van der Waals surface area contributed by atoms with E-state index < -0.39 is 6.04 Å². The van der Waals surface area contributed by atoms with Crippen LogP contribution in [0.4, 0.5) is 5.82 Å². The first-order valence-corrected chi connectivity index (χ1v) is 9.92. The van der Waals surface area contributed by atoms with Gasteiger partial charge in [-0.2, -0.15) is 0 Å². The summed E-state index contributed by atoms with van der Waals surface area (Å²) in [6, 6.07) is 17.7. The van der Waals surface area contributed by atoms with E-state index in [0.29, 0.717) is 22.4 Å². The van der Waals surface area contributed by atoms with E-state index in [1.807, 2.05) is 43.3 Å². The predicted octanol–water partition coefficient (Wildman–Crippen LogP) is 5.01. The summed E-state index contributed by atoms with van der Waals surface area (Å²) in [5.41, 5.74) is 2.19. The number of para-hydroxylation sites is 1. The van der Waals surface area contributed by atoms with Gasteiger partial charge < -0.3 is 4.42 Å². The zero-order chi connectivity index (χ0) is 20.1. The molecular weight excluding hydrogens is 432 g/mol. The maximum absolute atomic E-state index is 13.5. The molecule has 142 valence electrons. The molecule has 29 heavy (non-hydrogen) atoms. The smallest absolute Gasteiger partial charge is 0.296 e. The number of amides is 1. The van der Waals surface area contributed by atoms with Gasteiger partial charge in [-0.05, 0) is 48.4 Å². The maximum atomic E-state index is 13.5. The van der Waals surface area contributed by atoms with Crippen molar-refractivity contribution in [1.29, 1.82) is 0 Å². The van der Waals surface area contributed by atoms with E-state index in [1.54, 1.807) is 35.4 Å². The fraction of sp³-hybridized carbons (Fsp3) is 0.0870. The Hall–Kier alpha value is -3.25. The Morgan fingerprint density at radius 1 is 1.03 bits per heavy atom. The van der Waals surface area contributed by atoms with Gasteiger partial charge in [0.15, 0.2) is 5.43 Å². The van der Waals surface area contributed by atoms with Crippen LogP contribution in [0.2, 0.25) is 0 Å². The van der Waals surface area contributed by atoms with Crippen LogP contribution in [0.15, 0.2) is 80.5 Å². The third-order valence-electron chi connectivity index (χ3n) is 5.15. The summed E-state index contributed by atoms with van der Waals surface area (Å²) in [6.07, 6.45) is 1.64. The highest BCUT2D eigenvalue weighted by Gasteiger charge is 2.44. The Kier molecular flexibility index (Phi) is 4.10. The lowest BCUT2D eigenvalue weighted by molar-refractivity contribution is 0.0970. The van der Waals surface area contributed by atoms with Crippen LogP contribution in [0.25, 0.3) is 11.0 Å². The van der Waals surface area contributed by atoms with Crippen molar-refractivity contribution < 1.29 is 9.21 Å². The van der Waals surface area contributed by atoms with Gasteiger partial charge in [0.1, 0.15) is 11.4 Å². The lowest BCUT2D eigenvalue weighted by Crippen LogP contribution is -2.30. The van der Waals surface area contributed by atoms with Gasteiger partial charge in [0.05, 0.1) is 17.0 Å². The lowest BCUT2D eigenvalue weighted by Gasteiger charge is -2.25. The van der Waals surface area contributed by atoms with E-state index in [0.717, 1.165) is 15.6 Å². The second kappa shape index (κ2) is 6.67. The lowest BCUT2D eigenvalue weighted by atomic mass is 9.98. The van der Waals surface area contributed by atoms with Crippen molar-refractivity contribution in [1.82, 2.24) is 4.98 Å². The molecule has 0 saturated heterocycles. The van der Waals surface area contributed by atoms with E-state index >= 15 is 0 Å². The molecule has 1 amide bonds. The molecule has 5 rings (SSSR count). The van der Waals surface area contributed by atoms with E-state index in [2.05, 4.69) is 20.9 Å². The van der Waals surface area contributed by atoms with Crippen LogP contribution < -0.4 is 10.3 Å². The number of aromatic nitrogens is 1. The number of carbonyl (C=O) groups excluding carboxylic acids is 1. The summed E-state index contributed by atoms with van der Waals surface area (Å²) in [7, 11) is 0. The topological polar surface area (TPSA) is 63.4 Å². The Balaban J connectivity index is 1.86. The van der Waals surface area contributed by atoms with Crippen LogP contribution in [0, 0.1) is 6.92 Å². The second-order valence-electron chi connectivity index (χ2n) is 6.95. The average molecular weight is 447 g/mol. The third kappa shape index (κ3) is 2.71. The molecule has 2 aromatic heterocycles. The van der Waals surface area contributed by atoms with Gasteiger partial charge in [-0.25, -0.2) is 4.98 Å². The first kappa shape index (κ1) is 17.8. The van der Waals surface area contributed by atoms with Crippen molar-refractivity contribution in [3.05, 3.63) is 104 Å². The monoisotopic (exact) mass is 446 g/mol. The average Bonchev–Trinajstić information content (AvgIpc) is 3.01. The van der Waals surface area contributed by atoms with Gasteiger partial charge >= 0.3 is 0 Å². The van der Waals surface area contributed by atoms with Gasteiger partial charge in [0, 0.05) is 10.7 Å². The van der Waals surface area contributed by atoms with Crippen LogP contribution in [-0.4, -0.2) is 10.9 Å². The molecule has 3 heterocycles. The number of halogens is 1. The molecule has 0 radical (unpaired) electrons. The fourth-order valence-corrected chi connectivity index (χ4v) is 4.28. The fourth-order valence-electron chi connectivity index (χ4n) is 3.86. The van der Waals surface area contributed by atoms with Crippen LogP contribution in [-0.2, 0) is 0 Å². The van der Waals surface area contributed by atoms with E-state index in [9.17, 15) is 9.59 Å². The Bertz CT molecular complexity index is 1350. The highest BCUT2D eigenvalue weighted by Crippen LogP contribution is 2.41. The predicted molar refractivity (Wildman–Crippen MR) is 114 cm³/mol. The number of carbonyl (C=O) groups is 1. The molecule has 0 aliphatic carbocycles. The van der Waals surface area contributed by atoms with Gasteiger partial charge in [-0.3, -0.25) is 14.5 Å². The summed E-state index contributed by atoms with van der Waals surface area (Å²) in [4.78, 5) is 32.9. The molecular formula is C23H15BrN2O3. The Morgan fingerprint density at radius 2 is 1.86 bits per heavy atom. The van der Waals surface area contributed by atoms with Crippen LogP contribution in [0.5, 0.6) is 0 Å². The normalized spacial score (nSPS) is 15.7. The van der Waals surface area contributed by atoms with Crippen molar-refractivity contribution in [2.45, 2.75) is 13.0 Å². The number of hydrogen-bond donors (Lipinski definition) is 0. The Labute approximate surface area is 174 Å². The standard InChI is InChI=1S/C23H15BrN2O3/c1-13-6-5-11-25-22(13)26-19(14-7-4-8-15(24)12-14)18-20(27)16-9-2-3-10-17(16)29-21(18)23(26)28/h2-12,19H,1H3. The number of hydrogen-bond acceptors (Lipinski definition) is 4. The zero-order valence-electron chi connectivity index (χ0n) is 15.4. The number of benzene rings is 2. The summed E-state index contributed by atoms with van der Waals surface area (Å²) in [5.74, 6) is 0.218. The highest BCUT2D eigenvalue weighted by atomic mass is 79.9.